The van der Waals surface area contributed by atoms with Crippen LogP contribution in [0.4, 0.5) is 10.5 Å². The van der Waals surface area contributed by atoms with Gasteiger partial charge in [-0.3, -0.25) is 10.1 Å². The van der Waals surface area contributed by atoms with Crippen molar-refractivity contribution < 1.29 is 14.3 Å². The Morgan fingerprint density at radius 1 is 1.21 bits per heavy atom. The molecule has 1 aromatic heterocycles. The van der Waals surface area contributed by atoms with E-state index >= 15 is 0 Å². The van der Waals surface area contributed by atoms with Gasteiger partial charge in [0, 0.05) is 22.6 Å². The largest absolute Gasteiger partial charge is 0.453 e. The fraction of sp³-hybridized carbons (Fsp3) is 0.235. The SMILES string of the molecule is COC(=O)Nc1cccc(C(=O)C(C#N)c2nc(C)cc(C)n2)c1. The van der Waals surface area contributed by atoms with Gasteiger partial charge in [-0.2, -0.15) is 5.26 Å². The summed E-state index contributed by atoms with van der Waals surface area (Å²) >= 11 is 0. The zero-order chi connectivity index (χ0) is 17.7. The second-order valence-electron chi connectivity index (χ2n) is 5.13. The number of ether oxygens (including phenoxy) is 1. The number of carbonyl (C=O) groups excluding carboxylic acids is 2. The molecule has 1 unspecified atom stereocenters. The van der Waals surface area contributed by atoms with Gasteiger partial charge in [-0.1, -0.05) is 12.1 Å². The molecular weight excluding hydrogens is 308 g/mol. The lowest BCUT2D eigenvalue weighted by molar-refractivity contribution is 0.0976. The van der Waals surface area contributed by atoms with Crippen LogP contribution in [0.2, 0.25) is 0 Å². The number of benzene rings is 1. The first-order valence-electron chi connectivity index (χ1n) is 7.15. The van der Waals surface area contributed by atoms with Crippen LogP contribution in [0.15, 0.2) is 30.3 Å². The summed E-state index contributed by atoms with van der Waals surface area (Å²) in [5.74, 6) is -1.38. The molecule has 1 heterocycles. The Balaban J connectivity index is 2.33. The summed E-state index contributed by atoms with van der Waals surface area (Å²) < 4.78 is 4.51. The maximum absolute atomic E-state index is 12.7. The van der Waals surface area contributed by atoms with Crippen LogP contribution in [0.1, 0.15) is 33.5 Å². The normalized spacial score (nSPS) is 11.2. The Morgan fingerprint density at radius 2 is 1.88 bits per heavy atom. The number of nitrogens with one attached hydrogen (secondary N) is 1. The average Bonchev–Trinajstić information content (AvgIpc) is 2.54. The summed E-state index contributed by atoms with van der Waals surface area (Å²) in [5.41, 5.74) is 2.04. The molecule has 0 aliphatic carbocycles. The molecule has 0 saturated carbocycles. The van der Waals surface area contributed by atoms with E-state index < -0.39 is 17.8 Å². The summed E-state index contributed by atoms with van der Waals surface area (Å²) in [7, 11) is 1.24. The van der Waals surface area contributed by atoms with Crippen LogP contribution in [-0.2, 0) is 4.74 Å². The van der Waals surface area contributed by atoms with E-state index in [1.807, 2.05) is 6.07 Å². The number of aryl methyl sites for hydroxylation is 2. The summed E-state index contributed by atoms with van der Waals surface area (Å²) in [5, 5.41) is 11.9. The number of anilines is 1. The number of carbonyl (C=O) groups is 2. The van der Waals surface area contributed by atoms with Crippen molar-refractivity contribution in [1.29, 1.82) is 5.26 Å². The van der Waals surface area contributed by atoms with Gasteiger partial charge in [-0.25, -0.2) is 14.8 Å². The molecular formula is C17H16N4O3. The molecule has 1 aromatic carbocycles. The molecule has 1 atom stereocenters. The molecule has 2 rings (SSSR count). The van der Waals surface area contributed by atoms with Gasteiger partial charge in [0.1, 0.15) is 0 Å². The summed E-state index contributed by atoms with van der Waals surface area (Å²) in [6, 6.07) is 9.99. The molecule has 0 aliphatic heterocycles. The smallest absolute Gasteiger partial charge is 0.411 e. The number of methoxy groups -OCH3 is 1. The van der Waals surface area contributed by atoms with Crippen molar-refractivity contribution >= 4 is 17.6 Å². The predicted octanol–water partition coefficient (Wildman–Crippen LogP) is 2.76. The number of ketones is 1. The van der Waals surface area contributed by atoms with Crippen LogP contribution in [0.25, 0.3) is 0 Å². The Bertz CT molecular complexity index is 807. The van der Waals surface area contributed by atoms with E-state index in [1.54, 1.807) is 38.1 Å². The second kappa shape index (κ2) is 7.33. The van der Waals surface area contributed by atoms with E-state index in [4.69, 9.17) is 0 Å². The highest BCUT2D eigenvalue weighted by Crippen LogP contribution is 2.20. The quantitative estimate of drug-likeness (QED) is 0.867. The summed E-state index contributed by atoms with van der Waals surface area (Å²) in [6.45, 7) is 3.55. The highest BCUT2D eigenvalue weighted by atomic mass is 16.5. The minimum Gasteiger partial charge on any atom is -0.453 e. The van der Waals surface area contributed by atoms with Gasteiger partial charge in [0.05, 0.1) is 13.2 Å². The van der Waals surface area contributed by atoms with Gasteiger partial charge in [0.15, 0.2) is 17.5 Å². The Morgan fingerprint density at radius 3 is 2.46 bits per heavy atom. The highest BCUT2D eigenvalue weighted by molar-refractivity contribution is 6.03. The molecule has 24 heavy (non-hydrogen) atoms. The zero-order valence-corrected chi connectivity index (χ0v) is 13.5. The topological polar surface area (TPSA) is 105 Å². The zero-order valence-electron chi connectivity index (χ0n) is 13.5. The summed E-state index contributed by atoms with van der Waals surface area (Å²) in [4.78, 5) is 32.3. The van der Waals surface area contributed by atoms with Gasteiger partial charge in [0.25, 0.3) is 0 Å². The fourth-order valence-electron chi connectivity index (χ4n) is 2.20. The minimum absolute atomic E-state index is 0.173. The van der Waals surface area contributed by atoms with Crippen LogP contribution >= 0.6 is 0 Å². The minimum atomic E-state index is -1.11. The van der Waals surface area contributed by atoms with Gasteiger partial charge < -0.3 is 4.74 Å². The van der Waals surface area contributed by atoms with E-state index in [2.05, 4.69) is 20.0 Å². The van der Waals surface area contributed by atoms with E-state index in [0.29, 0.717) is 17.1 Å². The number of rotatable bonds is 4. The van der Waals surface area contributed by atoms with Gasteiger partial charge in [0.2, 0.25) is 0 Å². The Labute approximate surface area is 139 Å². The van der Waals surface area contributed by atoms with Crippen molar-refractivity contribution in [2.24, 2.45) is 0 Å². The van der Waals surface area contributed by atoms with E-state index in [1.165, 1.54) is 13.2 Å². The van der Waals surface area contributed by atoms with E-state index in [9.17, 15) is 14.9 Å². The first-order chi connectivity index (χ1) is 11.4. The lowest BCUT2D eigenvalue weighted by Crippen LogP contribution is -2.16. The third kappa shape index (κ3) is 3.93. The molecule has 0 fully saturated rings. The number of aromatic nitrogens is 2. The van der Waals surface area contributed by atoms with Gasteiger partial charge >= 0.3 is 6.09 Å². The van der Waals surface area contributed by atoms with Crippen molar-refractivity contribution in [1.82, 2.24) is 9.97 Å². The van der Waals surface area contributed by atoms with Crippen LogP contribution in [-0.4, -0.2) is 29.0 Å². The lowest BCUT2D eigenvalue weighted by Gasteiger charge is -2.10. The molecule has 0 radical (unpaired) electrons. The number of hydrogen-bond donors (Lipinski definition) is 1. The van der Waals surface area contributed by atoms with Crippen LogP contribution in [0.5, 0.6) is 0 Å². The molecule has 1 amide bonds. The van der Waals surface area contributed by atoms with Crippen LogP contribution < -0.4 is 5.32 Å². The van der Waals surface area contributed by atoms with Gasteiger partial charge in [-0.05, 0) is 32.0 Å². The van der Waals surface area contributed by atoms with Gasteiger partial charge in [-0.15, -0.1) is 0 Å². The molecule has 0 saturated heterocycles. The van der Waals surface area contributed by atoms with Crippen molar-refractivity contribution in [3.8, 4) is 6.07 Å². The van der Waals surface area contributed by atoms with E-state index in [0.717, 1.165) is 0 Å². The van der Waals surface area contributed by atoms with Crippen molar-refractivity contribution in [3.05, 3.63) is 53.1 Å². The standard InChI is InChI=1S/C17H16N4O3/c1-10-7-11(2)20-16(19-10)14(9-18)15(22)12-5-4-6-13(8-12)21-17(23)24-3/h4-8,14H,1-3H3,(H,21,23). The first kappa shape index (κ1) is 17.1. The van der Waals surface area contributed by atoms with E-state index in [-0.39, 0.29) is 11.4 Å². The summed E-state index contributed by atoms with van der Waals surface area (Å²) in [6.07, 6.45) is -0.644. The number of hydrogen-bond acceptors (Lipinski definition) is 6. The molecule has 7 nitrogen and oxygen atoms in total. The predicted molar refractivity (Wildman–Crippen MR) is 86.7 cm³/mol. The average molecular weight is 324 g/mol. The Kier molecular flexibility index (Phi) is 5.22. The second-order valence-corrected chi connectivity index (χ2v) is 5.13. The molecule has 0 spiro atoms. The third-order valence-electron chi connectivity index (χ3n) is 3.23. The fourth-order valence-corrected chi connectivity index (χ4v) is 2.20. The maximum atomic E-state index is 12.7. The molecule has 0 bridgehead atoms. The monoisotopic (exact) mass is 324 g/mol. The van der Waals surface area contributed by atoms with Crippen molar-refractivity contribution in [2.75, 3.05) is 12.4 Å². The highest BCUT2D eigenvalue weighted by Gasteiger charge is 2.25. The molecule has 1 N–H and O–H groups in total. The number of amides is 1. The third-order valence-corrected chi connectivity index (χ3v) is 3.23. The molecule has 0 aliphatic rings. The van der Waals surface area contributed by atoms with Crippen molar-refractivity contribution in [2.45, 2.75) is 19.8 Å². The van der Waals surface area contributed by atoms with Crippen LogP contribution in [0.3, 0.4) is 0 Å². The number of nitrogens with zero attached hydrogens (tertiary/aromatic N) is 3. The van der Waals surface area contributed by atoms with Crippen molar-refractivity contribution in [3.63, 3.8) is 0 Å². The number of nitriles is 1. The van der Waals surface area contributed by atoms with Crippen LogP contribution in [0, 0.1) is 25.2 Å². The maximum Gasteiger partial charge on any atom is 0.411 e. The molecule has 122 valence electrons. The number of Topliss-reactive ketones (excluding diaryl/α,β-unsaturated/α-hetero) is 1. The lowest BCUT2D eigenvalue weighted by atomic mass is 9.97. The first-order valence-corrected chi connectivity index (χ1v) is 7.15. The Hall–Kier alpha value is -3.27. The molecule has 2 aromatic rings. The molecule has 7 heteroatoms.